The summed E-state index contributed by atoms with van der Waals surface area (Å²) in [6, 6.07) is 47.4. The monoisotopic (exact) mass is 675 g/mol. The van der Waals surface area contributed by atoms with Crippen molar-refractivity contribution in [2.45, 2.75) is 27.7 Å². The highest BCUT2D eigenvalue weighted by Gasteiger charge is 2.20. The molecular formula is C46H37N5O. The Labute approximate surface area is 303 Å². The van der Waals surface area contributed by atoms with Gasteiger partial charge in [-0.1, -0.05) is 54.6 Å². The van der Waals surface area contributed by atoms with Crippen molar-refractivity contribution >= 4 is 28.0 Å². The summed E-state index contributed by atoms with van der Waals surface area (Å²) in [6.07, 6.45) is 1.83. The second kappa shape index (κ2) is 13.6. The van der Waals surface area contributed by atoms with E-state index in [0.717, 1.165) is 84.3 Å². The average molecular weight is 676 g/mol. The van der Waals surface area contributed by atoms with E-state index in [-0.39, 0.29) is 5.75 Å². The molecule has 6 heteroatoms. The van der Waals surface area contributed by atoms with Gasteiger partial charge in [-0.05, 0) is 140 Å². The lowest BCUT2D eigenvalue weighted by Crippen LogP contribution is -2.12. The van der Waals surface area contributed by atoms with Crippen LogP contribution >= 0.6 is 0 Å². The van der Waals surface area contributed by atoms with Crippen molar-refractivity contribution in [3.8, 4) is 50.5 Å². The zero-order valence-electron chi connectivity index (χ0n) is 29.5. The molecule has 0 unspecified atom stereocenters. The molecule has 4 heterocycles. The molecule has 0 aliphatic rings. The van der Waals surface area contributed by atoms with Crippen molar-refractivity contribution in [2.24, 2.45) is 0 Å². The van der Waals surface area contributed by atoms with E-state index in [4.69, 9.17) is 9.97 Å². The Morgan fingerprint density at radius 2 is 1.06 bits per heavy atom. The molecule has 6 nitrogen and oxygen atoms in total. The summed E-state index contributed by atoms with van der Waals surface area (Å²) >= 11 is 0. The van der Waals surface area contributed by atoms with Gasteiger partial charge in [0.15, 0.2) is 0 Å². The van der Waals surface area contributed by atoms with Crippen molar-refractivity contribution < 1.29 is 5.11 Å². The molecule has 52 heavy (non-hydrogen) atoms. The fourth-order valence-electron chi connectivity index (χ4n) is 7.01. The molecule has 8 rings (SSSR count). The van der Waals surface area contributed by atoms with Gasteiger partial charge in [0.2, 0.25) is 0 Å². The van der Waals surface area contributed by atoms with Gasteiger partial charge in [-0.15, -0.1) is 0 Å². The third-order valence-electron chi connectivity index (χ3n) is 9.19. The maximum Gasteiger partial charge on any atom is 0.137 e. The standard InChI is InChI=1S/C46H37N5O/c1-29-20-34(21-30(2)48-29)36-24-38(26-39(25-36)51(46-18-9-10-19-47-46)44-16-11-13-33-12-5-6-14-40(33)44)42-27-37(35-22-31(3)49-32(4)23-35)28-43(50-42)41-15-7-8-17-45(41)52/h5-28,52H,1-4H3. The molecule has 4 aromatic heterocycles. The van der Waals surface area contributed by atoms with E-state index in [1.807, 2.05) is 76.4 Å². The molecule has 0 bridgehead atoms. The molecule has 0 spiro atoms. The highest BCUT2D eigenvalue weighted by Crippen LogP contribution is 2.42. The molecule has 0 aliphatic carbocycles. The molecule has 0 saturated heterocycles. The maximum atomic E-state index is 11.0. The molecule has 4 aromatic carbocycles. The van der Waals surface area contributed by atoms with Crippen molar-refractivity contribution in [1.82, 2.24) is 19.9 Å². The Balaban J connectivity index is 1.43. The number of aromatic nitrogens is 4. The Morgan fingerprint density at radius 1 is 0.481 bits per heavy atom. The number of hydrogen-bond acceptors (Lipinski definition) is 6. The number of hydrogen-bond donors (Lipinski definition) is 1. The first-order valence-corrected chi connectivity index (χ1v) is 17.4. The van der Waals surface area contributed by atoms with Crippen molar-refractivity contribution in [2.75, 3.05) is 4.90 Å². The first-order chi connectivity index (χ1) is 25.3. The van der Waals surface area contributed by atoms with Gasteiger partial charge in [0.1, 0.15) is 11.6 Å². The predicted octanol–water partition coefficient (Wildman–Crippen LogP) is 11.5. The van der Waals surface area contributed by atoms with Crippen LogP contribution in [-0.4, -0.2) is 25.0 Å². The van der Waals surface area contributed by atoms with Crippen LogP contribution in [0.3, 0.4) is 0 Å². The van der Waals surface area contributed by atoms with E-state index in [0.29, 0.717) is 11.3 Å². The van der Waals surface area contributed by atoms with Crippen LogP contribution in [-0.2, 0) is 0 Å². The minimum atomic E-state index is 0.176. The van der Waals surface area contributed by atoms with Crippen LogP contribution in [0.4, 0.5) is 17.2 Å². The summed E-state index contributed by atoms with van der Waals surface area (Å²) in [5.74, 6) is 0.970. The molecule has 1 N–H and O–H groups in total. The lowest BCUT2D eigenvalue weighted by molar-refractivity contribution is 0.477. The van der Waals surface area contributed by atoms with E-state index in [2.05, 4.69) is 106 Å². The minimum absolute atomic E-state index is 0.176. The third kappa shape index (κ3) is 6.50. The van der Waals surface area contributed by atoms with Gasteiger partial charge >= 0.3 is 0 Å². The second-order valence-electron chi connectivity index (χ2n) is 13.2. The molecule has 252 valence electrons. The summed E-state index contributed by atoms with van der Waals surface area (Å²) in [5, 5.41) is 13.3. The number of rotatable bonds is 7. The minimum Gasteiger partial charge on any atom is -0.507 e. The molecule has 8 aromatic rings. The Hall–Kier alpha value is -6.66. The number of para-hydroxylation sites is 1. The Morgan fingerprint density at radius 3 is 1.75 bits per heavy atom. The van der Waals surface area contributed by atoms with E-state index in [9.17, 15) is 5.11 Å². The number of aromatic hydroxyl groups is 1. The fraction of sp³-hybridized carbons (Fsp3) is 0.0870. The van der Waals surface area contributed by atoms with Crippen LogP contribution < -0.4 is 4.90 Å². The topological polar surface area (TPSA) is 75.0 Å². The largest absolute Gasteiger partial charge is 0.507 e. The van der Waals surface area contributed by atoms with E-state index in [1.165, 1.54) is 0 Å². The number of nitrogens with zero attached hydrogens (tertiary/aromatic N) is 5. The number of phenols is 1. The summed E-state index contributed by atoms with van der Waals surface area (Å²) in [5.41, 5.74) is 12.8. The van der Waals surface area contributed by atoms with Crippen LogP contribution in [0.2, 0.25) is 0 Å². The van der Waals surface area contributed by atoms with Gasteiger partial charge in [0, 0.05) is 51.2 Å². The van der Waals surface area contributed by atoms with Crippen LogP contribution in [0.15, 0.2) is 146 Å². The number of benzene rings is 4. The second-order valence-corrected chi connectivity index (χ2v) is 13.2. The fourth-order valence-corrected chi connectivity index (χ4v) is 7.01. The van der Waals surface area contributed by atoms with Gasteiger partial charge in [-0.25, -0.2) is 9.97 Å². The first-order valence-electron chi connectivity index (χ1n) is 17.4. The molecule has 0 amide bonds. The lowest BCUT2D eigenvalue weighted by atomic mass is 9.96. The Kier molecular flexibility index (Phi) is 8.49. The highest BCUT2D eigenvalue weighted by atomic mass is 16.3. The van der Waals surface area contributed by atoms with Crippen LogP contribution in [0.5, 0.6) is 5.75 Å². The normalized spacial score (nSPS) is 11.2. The molecule has 0 aliphatic heterocycles. The van der Waals surface area contributed by atoms with Gasteiger partial charge in [-0.3, -0.25) is 14.9 Å². The third-order valence-corrected chi connectivity index (χ3v) is 9.19. The Bertz CT molecular complexity index is 2550. The quantitative estimate of drug-likeness (QED) is 0.181. The smallest absolute Gasteiger partial charge is 0.137 e. The first kappa shape index (κ1) is 32.5. The van der Waals surface area contributed by atoms with Crippen molar-refractivity contribution in [3.63, 3.8) is 0 Å². The lowest BCUT2D eigenvalue weighted by Gasteiger charge is -2.27. The van der Waals surface area contributed by atoms with Crippen LogP contribution in [0.25, 0.3) is 55.5 Å². The highest BCUT2D eigenvalue weighted by molar-refractivity contribution is 5.99. The summed E-state index contributed by atoms with van der Waals surface area (Å²) in [6.45, 7) is 8.08. The summed E-state index contributed by atoms with van der Waals surface area (Å²) < 4.78 is 0. The van der Waals surface area contributed by atoms with Gasteiger partial charge < -0.3 is 5.11 Å². The SMILES string of the molecule is Cc1cc(-c2cc(-c3cc(-c4cc(C)nc(C)c4)cc(-c4ccccc4O)n3)cc(N(c3ccccn3)c3cccc4ccccc34)c2)cc(C)n1. The zero-order chi connectivity index (χ0) is 35.8. The molecular weight excluding hydrogens is 639 g/mol. The summed E-state index contributed by atoms with van der Waals surface area (Å²) in [7, 11) is 0. The number of anilines is 3. The maximum absolute atomic E-state index is 11.0. The van der Waals surface area contributed by atoms with E-state index in [1.54, 1.807) is 6.07 Å². The number of pyridine rings is 4. The predicted molar refractivity (Wildman–Crippen MR) is 212 cm³/mol. The van der Waals surface area contributed by atoms with Gasteiger partial charge in [0.05, 0.1) is 17.1 Å². The number of aryl methyl sites for hydroxylation is 4. The molecule has 0 fully saturated rings. The van der Waals surface area contributed by atoms with Crippen molar-refractivity contribution in [1.29, 1.82) is 0 Å². The number of fused-ring (bicyclic) bond motifs is 1. The average Bonchev–Trinajstić information content (AvgIpc) is 3.15. The molecule has 0 saturated carbocycles. The number of phenolic OH excluding ortho intramolecular Hbond substituents is 1. The van der Waals surface area contributed by atoms with E-state index < -0.39 is 0 Å². The van der Waals surface area contributed by atoms with Crippen molar-refractivity contribution in [3.05, 3.63) is 168 Å². The van der Waals surface area contributed by atoms with Crippen LogP contribution in [0, 0.1) is 27.7 Å². The van der Waals surface area contributed by atoms with Gasteiger partial charge in [0.25, 0.3) is 0 Å². The molecule has 0 atom stereocenters. The molecule has 0 radical (unpaired) electrons. The van der Waals surface area contributed by atoms with Crippen LogP contribution in [0.1, 0.15) is 22.8 Å². The summed E-state index contributed by atoms with van der Waals surface area (Å²) in [4.78, 5) is 21.7. The van der Waals surface area contributed by atoms with Gasteiger partial charge in [-0.2, -0.15) is 0 Å². The zero-order valence-corrected chi connectivity index (χ0v) is 29.5. The van der Waals surface area contributed by atoms with E-state index >= 15 is 0 Å².